The van der Waals surface area contributed by atoms with E-state index >= 15 is 0 Å². The second kappa shape index (κ2) is 5.16. The number of amides is 1. The second-order valence-electron chi connectivity index (χ2n) is 4.15. The standard InChI is InChI=1S/C13H17NO4/c1-16-10-6-12(18-3)11(17-2)5-9(10)8-4-13(15)14-7-8/h5-6,8H,4,7H2,1-3H3,(H,14,15). The van der Waals surface area contributed by atoms with E-state index in [0.717, 1.165) is 5.56 Å². The number of ether oxygens (including phenoxy) is 3. The molecule has 1 saturated heterocycles. The summed E-state index contributed by atoms with van der Waals surface area (Å²) in [5.41, 5.74) is 0.966. The van der Waals surface area contributed by atoms with E-state index in [1.807, 2.05) is 6.07 Å². The van der Waals surface area contributed by atoms with Crippen LogP contribution in [0, 0.1) is 0 Å². The normalized spacial score (nSPS) is 18.4. The highest BCUT2D eigenvalue weighted by Gasteiger charge is 2.27. The molecule has 1 heterocycles. The van der Waals surface area contributed by atoms with Gasteiger partial charge >= 0.3 is 0 Å². The first-order chi connectivity index (χ1) is 8.69. The van der Waals surface area contributed by atoms with Crippen LogP contribution in [0.25, 0.3) is 0 Å². The monoisotopic (exact) mass is 251 g/mol. The lowest BCUT2D eigenvalue weighted by Crippen LogP contribution is -2.13. The summed E-state index contributed by atoms with van der Waals surface area (Å²) in [5.74, 6) is 2.17. The van der Waals surface area contributed by atoms with Crippen molar-refractivity contribution in [1.82, 2.24) is 5.32 Å². The fraction of sp³-hybridized carbons (Fsp3) is 0.462. The Morgan fingerprint density at radius 1 is 1.06 bits per heavy atom. The molecular weight excluding hydrogens is 234 g/mol. The zero-order valence-electron chi connectivity index (χ0n) is 10.8. The Morgan fingerprint density at radius 2 is 1.67 bits per heavy atom. The molecule has 0 aliphatic carbocycles. The van der Waals surface area contributed by atoms with E-state index < -0.39 is 0 Å². The van der Waals surface area contributed by atoms with Crippen LogP contribution in [0.2, 0.25) is 0 Å². The van der Waals surface area contributed by atoms with Gasteiger partial charge < -0.3 is 19.5 Å². The fourth-order valence-electron chi connectivity index (χ4n) is 2.20. The summed E-state index contributed by atoms with van der Waals surface area (Å²) in [4.78, 5) is 11.3. The van der Waals surface area contributed by atoms with E-state index in [4.69, 9.17) is 14.2 Å². The maximum absolute atomic E-state index is 11.3. The van der Waals surface area contributed by atoms with Crippen LogP contribution in [0.5, 0.6) is 17.2 Å². The van der Waals surface area contributed by atoms with E-state index in [0.29, 0.717) is 30.2 Å². The van der Waals surface area contributed by atoms with Crippen molar-refractivity contribution < 1.29 is 19.0 Å². The third-order valence-corrected chi connectivity index (χ3v) is 3.15. The Balaban J connectivity index is 2.41. The minimum atomic E-state index is 0.0665. The first kappa shape index (κ1) is 12.5. The number of nitrogens with one attached hydrogen (secondary N) is 1. The molecule has 1 N–H and O–H groups in total. The molecule has 1 aliphatic rings. The van der Waals surface area contributed by atoms with E-state index in [1.54, 1.807) is 27.4 Å². The zero-order chi connectivity index (χ0) is 13.1. The zero-order valence-corrected chi connectivity index (χ0v) is 10.8. The topological polar surface area (TPSA) is 56.8 Å². The SMILES string of the molecule is COc1cc(OC)c(C2CNC(=O)C2)cc1OC. The van der Waals surface area contributed by atoms with Crippen LogP contribution < -0.4 is 19.5 Å². The van der Waals surface area contributed by atoms with E-state index in [2.05, 4.69) is 5.32 Å². The Kier molecular flexibility index (Phi) is 3.60. The number of hydrogen-bond acceptors (Lipinski definition) is 4. The van der Waals surface area contributed by atoms with Gasteiger partial charge in [-0.3, -0.25) is 4.79 Å². The van der Waals surface area contributed by atoms with Crippen molar-refractivity contribution in [2.45, 2.75) is 12.3 Å². The van der Waals surface area contributed by atoms with Crippen molar-refractivity contribution in [2.24, 2.45) is 0 Å². The summed E-state index contributed by atoms with van der Waals surface area (Å²) >= 11 is 0. The third-order valence-electron chi connectivity index (χ3n) is 3.15. The van der Waals surface area contributed by atoms with Crippen molar-refractivity contribution in [2.75, 3.05) is 27.9 Å². The maximum Gasteiger partial charge on any atom is 0.220 e. The van der Waals surface area contributed by atoms with Gasteiger partial charge in [0, 0.05) is 30.5 Å². The van der Waals surface area contributed by atoms with Crippen molar-refractivity contribution in [1.29, 1.82) is 0 Å². The van der Waals surface area contributed by atoms with Gasteiger partial charge in [0.25, 0.3) is 0 Å². The summed E-state index contributed by atoms with van der Waals surface area (Å²) in [6.45, 7) is 0.630. The van der Waals surface area contributed by atoms with Gasteiger partial charge in [0.15, 0.2) is 11.5 Å². The highest BCUT2D eigenvalue weighted by atomic mass is 16.5. The number of benzene rings is 1. The van der Waals surface area contributed by atoms with Crippen LogP contribution in [-0.2, 0) is 4.79 Å². The van der Waals surface area contributed by atoms with Crippen molar-refractivity contribution in [3.05, 3.63) is 17.7 Å². The molecule has 0 radical (unpaired) electrons. The van der Waals surface area contributed by atoms with Crippen molar-refractivity contribution in [3.63, 3.8) is 0 Å². The van der Waals surface area contributed by atoms with Gasteiger partial charge in [-0.25, -0.2) is 0 Å². The van der Waals surface area contributed by atoms with Crippen LogP contribution in [0.15, 0.2) is 12.1 Å². The Hall–Kier alpha value is -1.91. The summed E-state index contributed by atoms with van der Waals surface area (Å²) in [7, 11) is 4.78. The first-order valence-electron chi connectivity index (χ1n) is 5.76. The Bertz CT molecular complexity index is 459. The molecule has 0 bridgehead atoms. The molecule has 2 rings (SSSR count). The van der Waals surface area contributed by atoms with Crippen LogP contribution in [0.4, 0.5) is 0 Å². The predicted octanol–water partition coefficient (Wildman–Crippen LogP) is 1.32. The average Bonchev–Trinajstić information content (AvgIpc) is 2.83. The van der Waals surface area contributed by atoms with Crippen LogP contribution in [-0.4, -0.2) is 33.8 Å². The summed E-state index contributed by atoms with van der Waals surface area (Å²) in [6.07, 6.45) is 0.478. The van der Waals surface area contributed by atoms with Gasteiger partial charge in [-0.15, -0.1) is 0 Å². The lowest BCUT2D eigenvalue weighted by atomic mass is 9.96. The smallest absolute Gasteiger partial charge is 0.220 e. The quantitative estimate of drug-likeness (QED) is 0.876. The minimum Gasteiger partial charge on any atom is -0.496 e. The highest BCUT2D eigenvalue weighted by Crippen LogP contribution is 2.39. The molecule has 1 aliphatic heterocycles. The number of hydrogen-bond donors (Lipinski definition) is 1. The first-order valence-corrected chi connectivity index (χ1v) is 5.76. The Morgan fingerprint density at radius 3 is 2.17 bits per heavy atom. The molecule has 0 aromatic heterocycles. The molecule has 5 heteroatoms. The number of carbonyl (C=O) groups is 1. The molecule has 1 fully saturated rings. The van der Waals surface area contributed by atoms with E-state index in [1.165, 1.54) is 0 Å². The molecule has 18 heavy (non-hydrogen) atoms. The van der Waals surface area contributed by atoms with Gasteiger partial charge in [-0.05, 0) is 6.07 Å². The van der Waals surface area contributed by atoms with Gasteiger partial charge in [0.2, 0.25) is 5.91 Å². The summed E-state index contributed by atoms with van der Waals surface area (Å²) < 4.78 is 15.9. The third kappa shape index (κ3) is 2.20. The molecule has 1 unspecified atom stereocenters. The highest BCUT2D eigenvalue weighted by molar-refractivity contribution is 5.79. The lowest BCUT2D eigenvalue weighted by molar-refractivity contribution is -0.119. The van der Waals surface area contributed by atoms with Gasteiger partial charge in [0.05, 0.1) is 21.3 Å². The van der Waals surface area contributed by atoms with Crippen molar-refractivity contribution in [3.8, 4) is 17.2 Å². The minimum absolute atomic E-state index is 0.0665. The van der Waals surface area contributed by atoms with Crippen LogP contribution >= 0.6 is 0 Å². The van der Waals surface area contributed by atoms with Gasteiger partial charge in [-0.2, -0.15) is 0 Å². The second-order valence-corrected chi connectivity index (χ2v) is 4.15. The Labute approximate surface area is 106 Å². The fourth-order valence-corrected chi connectivity index (χ4v) is 2.20. The number of rotatable bonds is 4. The lowest BCUT2D eigenvalue weighted by Gasteiger charge is -2.17. The molecule has 98 valence electrons. The van der Waals surface area contributed by atoms with Gasteiger partial charge in [-0.1, -0.05) is 0 Å². The molecule has 1 amide bonds. The number of carbonyl (C=O) groups excluding carboxylic acids is 1. The molecule has 0 spiro atoms. The molecule has 1 aromatic rings. The molecule has 0 saturated carbocycles. The molecule has 1 aromatic carbocycles. The van der Waals surface area contributed by atoms with Gasteiger partial charge in [0.1, 0.15) is 5.75 Å². The van der Waals surface area contributed by atoms with E-state index in [-0.39, 0.29) is 11.8 Å². The molecule has 1 atom stereocenters. The van der Waals surface area contributed by atoms with E-state index in [9.17, 15) is 4.79 Å². The largest absolute Gasteiger partial charge is 0.496 e. The maximum atomic E-state index is 11.3. The number of methoxy groups -OCH3 is 3. The predicted molar refractivity (Wildman–Crippen MR) is 66.5 cm³/mol. The summed E-state index contributed by atoms with van der Waals surface area (Å²) in [6, 6.07) is 3.67. The van der Waals surface area contributed by atoms with Crippen LogP contribution in [0.1, 0.15) is 17.9 Å². The molecular formula is C13H17NO4. The van der Waals surface area contributed by atoms with Crippen molar-refractivity contribution >= 4 is 5.91 Å². The van der Waals surface area contributed by atoms with Crippen LogP contribution in [0.3, 0.4) is 0 Å². The molecule has 5 nitrogen and oxygen atoms in total. The average molecular weight is 251 g/mol. The summed E-state index contributed by atoms with van der Waals surface area (Å²) in [5, 5.41) is 2.82.